The summed E-state index contributed by atoms with van der Waals surface area (Å²) in [7, 11) is 0. The van der Waals surface area contributed by atoms with Crippen molar-refractivity contribution in [2.75, 3.05) is 5.32 Å². The molecule has 29 heavy (non-hydrogen) atoms. The topological polar surface area (TPSA) is 72.7 Å². The molecule has 3 aromatic rings. The molecule has 0 saturated heterocycles. The first kappa shape index (κ1) is 20.5. The van der Waals surface area contributed by atoms with Crippen molar-refractivity contribution in [3.05, 3.63) is 65.6 Å². The Labute approximate surface area is 165 Å². The van der Waals surface area contributed by atoms with E-state index in [1.165, 1.54) is 16.8 Å². The van der Waals surface area contributed by atoms with E-state index in [9.17, 15) is 18.0 Å². The van der Waals surface area contributed by atoms with Crippen LogP contribution in [-0.2, 0) is 22.8 Å². The smallest absolute Gasteiger partial charge is 0.310 e. The summed E-state index contributed by atoms with van der Waals surface area (Å²) in [5.41, 5.74) is 0.173. The second-order valence-electron chi connectivity index (χ2n) is 7.55. The number of nitrogens with one attached hydrogen (secondary N) is 1. The van der Waals surface area contributed by atoms with Gasteiger partial charge in [0.05, 0.1) is 17.7 Å². The zero-order valence-corrected chi connectivity index (χ0v) is 16.2. The van der Waals surface area contributed by atoms with Crippen LogP contribution in [0.4, 0.5) is 19.0 Å². The van der Waals surface area contributed by atoms with Gasteiger partial charge in [0, 0.05) is 23.9 Å². The number of rotatable bonds is 4. The van der Waals surface area contributed by atoms with Gasteiger partial charge in [0.25, 0.3) is 5.95 Å². The van der Waals surface area contributed by atoms with Crippen molar-refractivity contribution in [2.45, 2.75) is 38.8 Å². The van der Waals surface area contributed by atoms with Crippen LogP contribution < -0.4 is 5.32 Å². The number of amides is 1. The Bertz CT molecular complexity index is 990. The van der Waals surface area contributed by atoms with E-state index >= 15 is 0 Å². The number of hydrogen-bond acceptors (Lipinski definition) is 4. The second-order valence-corrected chi connectivity index (χ2v) is 7.55. The minimum absolute atomic E-state index is 0.0795. The molecule has 1 amide bonds. The maximum absolute atomic E-state index is 12.7. The van der Waals surface area contributed by atoms with Gasteiger partial charge in [-0.1, -0.05) is 32.9 Å². The molecule has 9 heteroatoms. The number of carbonyl (C=O) groups excluding carboxylic acids is 1. The predicted molar refractivity (Wildman–Crippen MR) is 102 cm³/mol. The second kappa shape index (κ2) is 7.65. The molecule has 0 radical (unpaired) electrons. The van der Waals surface area contributed by atoms with Gasteiger partial charge in [0.1, 0.15) is 5.82 Å². The van der Waals surface area contributed by atoms with Gasteiger partial charge in [-0.15, -0.1) is 0 Å². The Hall–Kier alpha value is -3.23. The van der Waals surface area contributed by atoms with Crippen molar-refractivity contribution in [1.29, 1.82) is 0 Å². The molecule has 0 atom stereocenters. The lowest BCUT2D eigenvalue weighted by Crippen LogP contribution is -2.18. The highest BCUT2D eigenvalue weighted by Gasteiger charge is 2.30. The van der Waals surface area contributed by atoms with Gasteiger partial charge >= 0.3 is 6.18 Å². The molecule has 2 heterocycles. The van der Waals surface area contributed by atoms with Crippen molar-refractivity contribution in [3.8, 4) is 5.95 Å². The Morgan fingerprint density at radius 3 is 2.24 bits per heavy atom. The van der Waals surface area contributed by atoms with Crippen LogP contribution in [0.1, 0.15) is 37.6 Å². The number of nitrogens with zero attached hydrogens (tertiary/aromatic N) is 4. The van der Waals surface area contributed by atoms with E-state index in [0.717, 1.165) is 17.8 Å². The van der Waals surface area contributed by atoms with Crippen molar-refractivity contribution < 1.29 is 18.0 Å². The van der Waals surface area contributed by atoms with Crippen LogP contribution in [0, 0.1) is 0 Å². The molecule has 2 aromatic heterocycles. The minimum atomic E-state index is -4.41. The SMILES string of the molecule is CC(C)(C)c1cc(NC(=O)Cc2ccc(C(F)(F)F)cc2)n(-c2ncccn2)n1. The lowest BCUT2D eigenvalue weighted by molar-refractivity contribution is -0.137. The zero-order chi connectivity index (χ0) is 21.2. The van der Waals surface area contributed by atoms with E-state index < -0.39 is 11.7 Å². The normalized spacial score (nSPS) is 12.1. The third kappa shape index (κ3) is 4.98. The first-order chi connectivity index (χ1) is 13.5. The number of benzene rings is 1. The molecule has 152 valence electrons. The maximum atomic E-state index is 12.7. The predicted octanol–water partition coefficient (Wildman–Crippen LogP) is 4.16. The highest BCUT2D eigenvalue weighted by Crippen LogP contribution is 2.29. The number of anilines is 1. The molecule has 0 unspecified atom stereocenters. The highest BCUT2D eigenvalue weighted by atomic mass is 19.4. The lowest BCUT2D eigenvalue weighted by Gasteiger charge is -2.13. The quantitative estimate of drug-likeness (QED) is 0.710. The molecule has 6 nitrogen and oxygen atoms in total. The number of hydrogen-bond donors (Lipinski definition) is 1. The van der Waals surface area contributed by atoms with Crippen LogP contribution in [0.3, 0.4) is 0 Å². The largest absolute Gasteiger partial charge is 0.416 e. The van der Waals surface area contributed by atoms with Gasteiger partial charge in [0.15, 0.2) is 0 Å². The van der Waals surface area contributed by atoms with Crippen molar-refractivity contribution >= 4 is 11.7 Å². The molecule has 0 aliphatic rings. The monoisotopic (exact) mass is 403 g/mol. The van der Waals surface area contributed by atoms with E-state index in [4.69, 9.17) is 0 Å². The fourth-order valence-corrected chi connectivity index (χ4v) is 2.57. The van der Waals surface area contributed by atoms with E-state index in [0.29, 0.717) is 17.3 Å². The fraction of sp³-hybridized carbons (Fsp3) is 0.300. The summed E-state index contributed by atoms with van der Waals surface area (Å²) < 4.78 is 39.5. The average molecular weight is 403 g/mol. The average Bonchev–Trinajstić information content (AvgIpc) is 3.06. The molecular weight excluding hydrogens is 383 g/mol. The summed E-state index contributed by atoms with van der Waals surface area (Å²) in [6.45, 7) is 5.96. The summed E-state index contributed by atoms with van der Waals surface area (Å²) in [5, 5.41) is 7.26. The van der Waals surface area contributed by atoms with Crippen LogP contribution in [0.25, 0.3) is 5.95 Å². The summed E-state index contributed by atoms with van der Waals surface area (Å²) >= 11 is 0. The van der Waals surface area contributed by atoms with Gasteiger partial charge in [0.2, 0.25) is 5.91 Å². The molecule has 0 spiro atoms. The van der Waals surface area contributed by atoms with Gasteiger partial charge in [-0.25, -0.2) is 9.97 Å². The Balaban J connectivity index is 1.82. The summed E-state index contributed by atoms with van der Waals surface area (Å²) in [5.74, 6) is 0.299. The first-order valence-corrected chi connectivity index (χ1v) is 8.88. The van der Waals surface area contributed by atoms with Crippen LogP contribution in [0.5, 0.6) is 0 Å². The third-order valence-electron chi connectivity index (χ3n) is 4.13. The van der Waals surface area contributed by atoms with Crippen molar-refractivity contribution in [1.82, 2.24) is 19.7 Å². The fourth-order valence-electron chi connectivity index (χ4n) is 2.57. The van der Waals surface area contributed by atoms with Crippen molar-refractivity contribution in [3.63, 3.8) is 0 Å². The molecule has 0 saturated carbocycles. The molecule has 0 bridgehead atoms. The Morgan fingerprint density at radius 1 is 1.07 bits per heavy atom. The molecule has 1 aromatic carbocycles. The molecule has 1 N–H and O–H groups in total. The maximum Gasteiger partial charge on any atom is 0.416 e. The van der Waals surface area contributed by atoms with Gasteiger partial charge in [-0.05, 0) is 23.8 Å². The highest BCUT2D eigenvalue weighted by molar-refractivity contribution is 5.91. The van der Waals surface area contributed by atoms with E-state index in [1.54, 1.807) is 24.5 Å². The van der Waals surface area contributed by atoms with Crippen LogP contribution in [-0.4, -0.2) is 25.7 Å². The van der Waals surface area contributed by atoms with E-state index in [2.05, 4.69) is 20.4 Å². The van der Waals surface area contributed by atoms with Crippen molar-refractivity contribution in [2.24, 2.45) is 0 Å². The third-order valence-corrected chi connectivity index (χ3v) is 4.13. The van der Waals surface area contributed by atoms with E-state index in [1.807, 2.05) is 20.8 Å². The number of carbonyl (C=O) groups is 1. The van der Waals surface area contributed by atoms with Gasteiger partial charge in [-0.2, -0.15) is 23.0 Å². The lowest BCUT2D eigenvalue weighted by atomic mass is 9.92. The molecular formula is C20H20F3N5O. The molecule has 3 rings (SSSR count). The minimum Gasteiger partial charge on any atom is -0.310 e. The summed E-state index contributed by atoms with van der Waals surface area (Å²) in [6.07, 6.45) is -1.36. The standard InChI is InChI=1S/C20H20F3N5O/c1-19(2,3)15-12-16(28(27-15)18-24-9-4-10-25-18)26-17(29)11-13-5-7-14(8-6-13)20(21,22)23/h4-10,12H,11H2,1-3H3,(H,26,29). The summed E-state index contributed by atoms with van der Waals surface area (Å²) in [4.78, 5) is 20.8. The number of halogens is 3. The van der Waals surface area contributed by atoms with Gasteiger partial charge < -0.3 is 5.32 Å². The summed E-state index contributed by atoms with van der Waals surface area (Å²) in [6, 6.07) is 7.91. The van der Waals surface area contributed by atoms with Crippen LogP contribution in [0.2, 0.25) is 0 Å². The van der Waals surface area contributed by atoms with E-state index in [-0.39, 0.29) is 17.7 Å². The van der Waals surface area contributed by atoms with Crippen LogP contribution in [0.15, 0.2) is 48.8 Å². The molecule has 0 aliphatic heterocycles. The molecule has 0 fully saturated rings. The van der Waals surface area contributed by atoms with Crippen LogP contribution >= 0.6 is 0 Å². The zero-order valence-electron chi connectivity index (χ0n) is 16.2. The number of aromatic nitrogens is 4. The molecule has 0 aliphatic carbocycles. The Kier molecular flexibility index (Phi) is 5.41. The Morgan fingerprint density at radius 2 is 1.69 bits per heavy atom. The number of alkyl halides is 3. The first-order valence-electron chi connectivity index (χ1n) is 8.88. The van der Waals surface area contributed by atoms with Gasteiger partial charge in [-0.3, -0.25) is 4.79 Å².